The van der Waals surface area contributed by atoms with Gasteiger partial charge in [0, 0.05) is 48.9 Å². The molecule has 41 heavy (non-hydrogen) atoms. The van der Waals surface area contributed by atoms with Gasteiger partial charge in [-0.15, -0.1) is 11.8 Å². The molecule has 227 valence electrons. The van der Waals surface area contributed by atoms with Crippen LogP contribution >= 0.6 is 11.8 Å². The van der Waals surface area contributed by atoms with Gasteiger partial charge in [0.25, 0.3) is 0 Å². The first kappa shape index (κ1) is 41.7. The van der Waals surface area contributed by atoms with Crippen LogP contribution in [0.4, 0.5) is 0 Å². The minimum Gasteiger partial charge on any atom is -0.491 e. The zero-order valence-electron chi connectivity index (χ0n) is 26.5. The molecule has 0 aliphatic rings. The molecule has 1 unspecified atom stereocenters. The zero-order chi connectivity index (χ0) is 30.7. The fraction of sp³-hybridized carbons (Fsp3) is 0.485. The molecule has 2 aromatic rings. The van der Waals surface area contributed by atoms with Crippen LogP contribution in [0.25, 0.3) is 5.57 Å². The molecule has 2 aromatic carbocycles. The number of hydrogen-bond donors (Lipinski definition) is 3. The molecule has 0 aliphatic carbocycles. The van der Waals surface area contributed by atoms with Crippen LogP contribution in [0.15, 0.2) is 71.2 Å². The maximum atomic E-state index is 10.6. The van der Waals surface area contributed by atoms with Gasteiger partial charge in [0.05, 0.1) is 12.6 Å². The third kappa shape index (κ3) is 17.9. The first-order chi connectivity index (χ1) is 19.0. The number of esters is 1. The standard InChI is InChI=1S/C25H34O2S.C6H11NO3.C2H6.Y/c1-17(2)20(6)25(18(3)4)21-9-11-23(12-10-21)27-15-22(26)16-28-24-13-7-19(5)8-14-24;1-5(2)6(8)10-4-3-7-9;1-2;/h7-14,17-18,22,26H,15-16H2,1-6H3;7,9H,1,3-4H2,2H3;1-2H3;/b25-20-;;;. The molecule has 3 N–H and O–H groups in total. The normalized spacial score (nSPS) is 11.6. The van der Waals surface area contributed by atoms with Crippen LogP contribution in [0.1, 0.15) is 66.5 Å². The molecule has 0 amide bonds. The number of rotatable bonds is 13. The Morgan fingerprint density at radius 2 is 1.54 bits per heavy atom. The molecule has 1 atom stereocenters. The van der Waals surface area contributed by atoms with Crippen molar-refractivity contribution in [3.63, 3.8) is 0 Å². The van der Waals surface area contributed by atoms with Crippen LogP contribution in [0.5, 0.6) is 5.75 Å². The number of ether oxygens (including phenoxy) is 2. The second-order valence-electron chi connectivity index (χ2n) is 9.84. The second kappa shape index (κ2) is 24.0. The number of hydroxylamine groups is 1. The van der Waals surface area contributed by atoms with E-state index in [-0.39, 0.29) is 45.9 Å². The fourth-order valence-corrected chi connectivity index (χ4v) is 4.25. The van der Waals surface area contributed by atoms with Crippen LogP contribution in [0.2, 0.25) is 0 Å². The molecule has 0 saturated heterocycles. The van der Waals surface area contributed by atoms with E-state index in [0.29, 0.717) is 29.8 Å². The minimum absolute atomic E-state index is 0. The zero-order valence-corrected chi connectivity index (χ0v) is 30.1. The Balaban J connectivity index is 0. The number of thioether (sulfide) groups is 1. The average molecular weight is 663 g/mol. The Morgan fingerprint density at radius 3 is 2.00 bits per heavy atom. The number of aliphatic hydroxyl groups excluding tert-OH is 1. The van der Waals surface area contributed by atoms with Gasteiger partial charge in [-0.25, -0.2) is 10.3 Å². The van der Waals surface area contributed by atoms with Gasteiger partial charge >= 0.3 is 5.97 Å². The summed E-state index contributed by atoms with van der Waals surface area (Å²) in [5, 5.41) is 18.3. The van der Waals surface area contributed by atoms with Gasteiger partial charge in [-0.2, -0.15) is 0 Å². The Labute approximate surface area is 278 Å². The molecular weight excluding hydrogens is 611 g/mol. The molecule has 0 saturated carbocycles. The van der Waals surface area contributed by atoms with Crippen molar-refractivity contribution in [1.82, 2.24) is 5.48 Å². The monoisotopic (exact) mass is 662 g/mol. The van der Waals surface area contributed by atoms with Crippen molar-refractivity contribution in [2.45, 2.75) is 73.3 Å². The summed E-state index contributed by atoms with van der Waals surface area (Å²) in [5.41, 5.74) is 7.56. The summed E-state index contributed by atoms with van der Waals surface area (Å²) in [7, 11) is 0. The number of carbonyl (C=O) groups is 1. The van der Waals surface area contributed by atoms with Crippen molar-refractivity contribution in [3.05, 3.63) is 77.4 Å². The number of aliphatic hydroxyl groups is 1. The number of benzene rings is 2. The molecule has 1 radical (unpaired) electrons. The van der Waals surface area contributed by atoms with Crippen LogP contribution in [0, 0.1) is 18.8 Å². The molecule has 0 bridgehead atoms. The van der Waals surface area contributed by atoms with Gasteiger partial charge in [-0.3, -0.25) is 0 Å². The number of aryl methyl sites for hydroxylation is 1. The Hall–Kier alpha value is -1.48. The van der Waals surface area contributed by atoms with E-state index < -0.39 is 12.1 Å². The van der Waals surface area contributed by atoms with Gasteiger partial charge in [-0.05, 0) is 68.0 Å². The number of carbonyl (C=O) groups excluding carboxylic acids is 1. The van der Waals surface area contributed by atoms with Crippen molar-refractivity contribution in [2.75, 3.05) is 25.5 Å². The van der Waals surface area contributed by atoms with Crippen molar-refractivity contribution in [3.8, 4) is 5.75 Å². The number of allylic oxidation sites excluding steroid dienone is 2. The van der Waals surface area contributed by atoms with Crippen molar-refractivity contribution in [1.29, 1.82) is 0 Å². The third-order valence-corrected chi connectivity index (χ3v) is 6.89. The summed E-state index contributed by atoms with van der Waals surface area (Å²) in [6.07, 6.45) is -0.500. The fourth-order valence-electron chi connectivity index (χ4n) is 3.44. The molecule has 0 heterocycles. The van der Waals surface area contributed by atoms with Crippen LogP contribution in [0.3, 0.4) is 0 Å². The molecule has 0 aliphatic heterocycles. The van der Waals surface area contributed by atoms with Crippen molar-refractivity contribution < 1.29 is 57.3 Å². The van der Waals surface area contributed by atoms with Crippen LogP contribution in [-0.4, -0.2) is 47.9 Å². The first-order valence-corrected chi connectivity index (χ1v) is 15.0. The average Bonchev–Trinajstić information content (AvgIpc) is 2.93. The smallest absolute Gasteiger partial charge is 0.333 e. The molecule has 2 rings (SSSR count). The van der Waals surface area contributed by atoms with E-state index in [4.69, 9.17) is 9.94 Å². The SMILES string of the molecule is C/C(=C(/c1ccc(OCC(O)CSc2ccc(C)cc2)cc1)C(C)C)C(C)C.C=C(C)C(=O)OCCNO.CC.[Y]. The van der Waals surface area contributed by atoms with E-state index in [9.17, 15) is 9.90 Å². The van der Waals surface area contributed by atoms with Crippen LogP contribution < -0.4 is 10.2 Å². The maximum Gasteiger partial charge on any atom is 0.333 e. The summed E-state index contributed by atoms with van der Waals surface area (Å²) in [4.78, 5) is 11.8. The maximum absolute atomic E-state index is 10.6. The summed E-state index contributed by atoms with van der Waals surface area (Å²) < 4.78 is 10.4. The quantitative estimate of drug-likeness (QED) is 0.0666. The molecular formula is C33H51NO5SY. The molecule has 0 spiro atoms. The Morgan fingerprint density at radius 1 is 0.976 bits per heavy atom. The topological polar surface area (TPSA) is 88.0 Å². The summed E-state index contributed by atoms with van der Waals surface area (Å²) in [6.45, 7) is 22.9. The number of nitrogens with one attached hydrogen (secondary N) is 1. The Kier molecular flexibility index (Phi) is 24.4. The van der Waals surface area contributed by atoms with Gasteiger partial charge in [0.15, 0.2) is 0 Å². The van der Waals surface area contributed by atoms with E-state index in [1.165, 1.54) is 27.2 Å². The van der Waals surface area contributed by atoms with E-state index in [1.54, 1.807) is 18.7 Å². The predicted molar refractivity (Wildman–Crippen MR) is 169 cm³/mol. The number of hydrogen-bond acceptors (Lipinski definition) is 7. The van der Waals surface area contributed by atoms with Crippen molar-refractivity contribution >= 4 is 23.3 Å². The summed E-state index contributed by atoms with van der Waals surface area (Å²) >= 11 is 1.65. The van der Waals surface area contributed by atoms with Gasteiger partial charge in [0.2, 0.25) is 0 Å². The van der Waals surface area contributed by atoms with Gasteiger partial charge < -0.3 is 19.8 Å². The summed E-state index contributed by atoms with van der Waals surface area (Å²) in [6, 6.07) is 16.6. The van der Waals surface area contributed by atoms with E-state index in [0.717, 1.165) is 5.75 Å². The largest absolute Gasteiger partial charge is 0.491 e. The predicted octanol–water partition coefficient (Wildman–Crippen LogP) is 7.72. The summed E-state index contributed by atoms with van der Waals surface area (Å²) in [5.74, 6) is 2.00. The Bertz CT molecular complexity index is 1020. The van der Waals surface area contributed by atoms with Gasteiger partial charge in [-0.1, -0.05) is 83.5 Å². The second-order valence-corrected chi connectivity index (χ2v) is 10.9. The molecule has 0 aromatic heterocycles. The third-order valence-electron chi connectivity index (χ3n) is 5.73. The first-order valence-electron chi connectivity index (χ1n) is 14.0. The molecule has 8 heteroatoms. The van der Waals surface area contributed by atoms with E-state index in [2.05, 4.69) is 89.3 Å². The molecule has 0 fully saturated rings. The minimum atomic E-state index is -0.500. The van der Waals surface area contributed by atoms with E-state index >= 15 is 0 Å². The van der Waals surface area contributed by atoms with E-state index in [1.807, 2.05) is 31.5 Å². The van der Waals surface area contributed by atoms with Crippen molar-refractivity contribution in [2.24, 2.45) is 11.8 Å². The van der Waals surface area contributed by atoms with Crippen LogP contribution in [-0.2, 0) is 42.2 Å². The van der Waals surface area contributed by atoms with Gasteiger partial charge in [0.1, 0.15) is 19.0 Å². The molecule has 6 nitrogen and oxygen atoms in total.